The van der Waals surface area contributed by atoms with Crippen LogP contribution in [0.25, 0.3) is 0 Å². The molecule has 2 rings (SSSR count). The number of halogens is 3. The van der Waals surface area contributed by atoms with E-state index in [2.05, 4.69) is 21.2 Å². The third-order valence-electron chi connectivity index (χ3n) is 3.65. The predicted octanol–water partition coefficient (Wildman–Crippen LogP) is 4.21. The Morgan fingerprint density at radius 2 is 1.95 bits per heavy atom. The Labute approximate surface area is 131 Å². The Hall–Kier alpha value is -0.290. The minimum Gasteiger partial charge on any atom is -0.330 e. The smallest absolute Gasteiger partial charge is 0.225 e. The van der Waals surface area contributed by atoms with Gasteiger partial charge in [0.15, 0.2) is 0 Å². The number of hydrogen-bond donors (Lipinski definition) is 2. The molecule has 104 valence electrons. The minimum absolute atomic E-state index is 0.0294. The van der Waals surface area contributed by atoms with Crippen molar-refractivity contribution >= 4 is 50.7 Å². The number of anilines is 1. The summed E-state index contributed by atoms with van der Waals surface area (Å²) in [7, 11) is 0. The summed E-state index contributed by atoms with van der Waals surface area (Å²) in [6.45, 7) is 0.544. The molecule has 1 aromatic rings. The van der Waals surface area contributed by atoms with Crippen LogP contribution in [0.4, 0.5) is 5.69 Å². The van der Waals surface area contributed by atoms with Gasteiger partial charge in [0.2, 0.25) is 5.91 Å². The largest absolute Gasteiger partial charge is 0.330 e. The number of rotatable bonds is 4. The molecule has 0 atom stereocenters. The molecule has 0 aliphatic heterocycles. The molecule has 3 nitrogen and oxygen atoms in total. The molecule has 1 aromatic carbocycles. The van der Waals surface area contributed by atoms with Crippen LogP contribution in [0.1, 0.15) is 25.7 Å². The first kappa shape index (κ1) is 15.1. The van der Waals surface area contributed by atoms with Gasteiger partial charge in [-0.3, -0.25) is 4.79 Å². The van der Waals surface area contributed by atoms with Crippen molar-refractivity contribution in [3.63, 3.8) is 0 Å². The molecule has 1 fully saturated rings. The first-order valence-corrected chi connectivity index (χ1v) is 7.65. The van der Waals surface area contributed by atoms with Crippen molar-refractivity contribution in [3.05, 3.63) is 26.7 Å². The summed E-state index contributed by atoms with van der Waals surface area (Å²) in [5.74, 6) is -0.0868. The van der Waals surface area contributed by atoms with Gasteiger partial charge in [0.05, 0.1) is 15.7 Å². The normalized spacial score (nSPS) is 16.8. The molecule has 1 saturated carbocycles. The first-order chi connectivity index (χ1) is 8.96. The van der Waals surface area contributed by atoms with Gasteiger partial charge >= 0.3 is 0 Å². The lowest BCUT2D eigenvalue weighted by Gasteiger charge is -2.40. The van der Waals surface area contributed by atoms with E-state index in [1.54, 1.807) is 12.1 Å². The summed E-state index contributed by atoms with van der Waals surface area (Å²) >= 11 is 15.5. The third-order valence-corrected chi connectivity index (χ3v) is 4.71. The van der Waals surface area contributed by atoms with Gasteiger partial charge in [-0.05, 0) is 36.9 Å². The van der Waals surface area contributed by atoms with Crippen LogP contribution in [0, 0.1) is 5.41 Å². The van der Waals surface area contributed by atoms with Crippen LogP contribution in [0.3, 0.4) is 0 Å². The SMILES string of the molecule is NCC1(CC(=O)Nc2c(Cl)cc(Br)cc2Cl)CCC1. The fourth-order valence-corrected chi connectivity index (χ4v) is 3.62. The van der Waals surface area contributed by atoms with Gasteiger partial charge in [-0.15, -0.1) is 0 Å². The second-order valence-corrected chi connectivity index (χ2v) is 6.76. The number of carbonyl (C=O) groups excluding carboxylic acids is 1. The molecule has 0 saturated heterocycles. The lowest BCUT2D eigenvalue weighted by molar-refractivity contribution is -0.119. The first-order valence-electron chi connectivity index (χ1n) is 6.10. The van der Waals surface area contributed by atoms with E-state index in [1.807, 2.05) is 0 Å². The van der Waals surface area contributed by atoms with Crippen molar-refractivity contribution in [2.75, 3.05) is 11.9 Å². The van der Waals surface area contributed by atoms with Crippen molar-refractivity contribution < 1.29 is 4.79 Å². The summed E-state index contributed by atoms with van der Waals surface area (Å²) in [5, 5.41) is 3.62. The molecule has 1 aliphatic rings. The number of amides is 1. The zero-order chi connectivity index (χ0) is 14.0. The predicted molar refractivity (Wildman–Crippen MR) is 82.7 cm³/mol. The van der Waals surface area contributed by atoms with Crippen LogP contribution in [-0.4, -0.2) is 12.5 Å². The van der Waals surface area contributed by atoms with Crippen LogP contribution in [-0.2, 0) is 4.79 Å². The van der Waals surface area contributed by atoms with Gasteiger partial charge in [0, 0.05) is 10.9 Å². The second-order valence-electron chi connectivity index (χ2n) is 5.03. The quantitative estimate of drug-likeness (QED) is 0.839. The molecule has 0 unspecified atom stereocenters. The maximum absolute atomic E-state index is 12.1. The highest BCUT2D eigenvalue weighted by atomic mass is 79.9. The van der Waals surface area contributed by atoms with Crippen LogP contribution >= 0.6 is 39.1 Å². The fraction of sp³-hybridized carbons (Fsp3) is 0.462. The molecule has 6 heteroatoms. The lowest BCUT2D eigenvalue weighted by atomic mass is 9.66. The summed E-state index contributed by atoms with van der Waals surface area (Å²) in [6.07, 6.45) is 3.59. The van der Waals surface area contributed by atoms with Gasteiger partial charge in [-0.1, -0.05) is 45.6 Å². The van der Waals surface area contributed by atoms with Crippen molar-refractivity contribution in [1.82, 2.24) is 0 Å². The van der Waals surface area contributed by atoms with Crippen molar-refractivity contribution in [1.29, 1.82) is 0 Å². The van der Waals surface area contributed by atoms with Gasteiger partial charge in [0.1, 0.15) is 0 Å². The molecule has 0 bridgehead atoms. The van der Waals surface area contributed by atoms with Crippen molar-refractivity contribution in [2.45, 2.75) is 25.7 Å². The van der Waals surface area contributed by atoms with Crippen LogP contribution in [0.5, 0.6) is 0 Å². The summed E-state index contributed by atoms with van der Waals surface area (Å²) in [5.41, 5.74) is 6.18. The zero-order valence-electron chi connectivity index (χ0n) is 10.3. The number of hydrogen-bond acceptors (Lipinski definition) is 2. The fourth-order valence-electron chi connectivity index (χ4n) is 2.32. The number of carbonyl (C=O) groups is 1. The summed E-state index contributed by atoms with van der Waals surface area (Å²) < 4.78 is 0.776. The van der Waals surface area contributed by atoms with Crippen LogP contribution in [0.2, 0.25) is 10.0 Å². The van der Waals surface area contributed by atoms with Crippen LogP contribution < -0.4 is 11.1 Å². The van der Waals surface area contributed by atoms with Crippen molar-refractivity contribution in [2.24, 2.45) is 11.1 Å². The van der Waals surface area contributed by atoms with E-state index in [4.69, 9.17) is 28.9 Å². The molecule has 0 aromatic heterocycles. The molecule has 1 amide bonds. The zero-order valence-corrected chi connectivity index (χ0v) is 13.4. The van der Waals surface area contributed by atoms with Gasteiger partial charge < -0.3 is 11.1 Å². The second kappa shape index (κ2) is 6.00. The van der Waals surface area contributed by atoms with Crippen LogP contribution in [0.15, 0.2) is 16.6 Å². The van der Waals surface area contributed by atoms with E-state index in [0.717, 1.165) is 23.7 Å². The molecule has 0 heterocycles. The van der Waals surface area contributed by atoms with E-state index in [9.17, 15) is 4.79 Å². The minimum atomic E-state index is -0.0868. The average molecular weight is 366 g/mol. The Kier molecular flexibility index (Phi) is 4.77. The van der Waals surface area contributed by atoms with Gasteiger partial charge in [0.25, 0.3) is 0 Å². The summed E-state index contributed by atoms with van der Waals surface area (Å²) in [6, 6.07) is 3.40. The highest BCUT2D eigenvalue weighted by molar-refractivity contribution is 9.10. The number of nitrogens with one attached hydrogen (secondary N) is 1. The molecular formula is C13H15BrCl2N2O. The highest BCUT2D eigenvalue weighted by Crippen LogP contribution is 2.43. The van der Waals surface area contributed by atoms with Crippen molar-refractivity contribution in [3.8, 4) is 0 Å². The van der Waals surface area contributed by atoms with Gasteiger partial charge in [-0.2, -0.15) is 0 Å². The standard InChI is InChI=1S/C13H15BrCl2N2O/c14-8-4-9(15)12(10(16)5-8)18-11(19)6-13(7-17)2-1-3-13/h4-5H,1-3,6-7,17H2,(H,18,19). The van der Waals surface area contributed by atoms with E-state index in [0.29, 0.717) is 28.7 Å². The monoisotopic (exact) mass is 364 g/mol. The van der Waals surface area contributed by atoms with Gasteiger partial charge in [-0.25, -0.2) is 0 Å². The number of nitrogens with two attached hydrogens (primary N) is 1. The van der Waals surface area contributed by atoms with E-state index in [1.165, 1.54) is 0 Å². The van der Waals surface area contributed by atoms with E-state index < -0.39 is 0 Å². The average Bonchev–Trinajstić information content (AvgIpc) is 2.28. The topological polar surface area (TPSA) is 55.1 Å². The number of benzene rings is 1. The molecule has 0 radical (unpaired) electrons. The molecule has 1 aliphatic carbocycles. The Bertz CT molecular complexity index is 475. The third kappa shape index (κ3) is 3.43. The lowest BCUT2D eigenvalue weighted by Crippen LogP contribution is -2.40. The maximum Gasteiger partial charge on any atom is 0.225 e. The van der Waals surface area contributed by atoms with E-state index >= 15 is 0 Å². The highest BCUT2D eigenvalue weighted by Gasteiger charge is 2.37. The molecular weight excluding hydrogens is 351 g/mol. The summed E-state index contributed by atoms with van der Waals surface area (Å²) in [4.78, 5) is 12.1. The Morgan fingerprint density at radius 1 is 1.37 bits per heavy atom. The molecule has 0 spiro atoms. The molecule has 19 heavy (non-hydrogen) atoms. The van der Waals surface area contributed by atoms with E-state index in [-0.39, 0.29) is 11.3 Å². The Morgan fingerprint density at radius 3 is 2.37 bits per heavy atom. The molecule has 3 N–H and O–H groups in total. The Balaban J connectivity index is 2.07. The maximum atomic E-state index is 12.1.